The number of alkyl halides is 4. The van der Waals surface area contributed by atoms with E-state index in [1.807, 2.05) is 0 Å². The zero-order valence-electron chi connectivity index (χ0n) is 12.3. The first kappa shape index (κ1) is 18.3. The molecule has 0 aliphatic heterocycles. The molecule has 0 aliphatic rings. The second kappa shape index (κ2) is 8.66. The van der Waals surface area contributed by atoms with E-state index >= 15 is 0 Å². The average Bonchev–Trinajstić information content (AvgIpc) is 2.43. The minimum atomic E-state index is -4.07. The van der Waals surface area contributed by atoms with Crippen molar-refractivity contribution < 1.29 is 17.6 Å². The number of thioether (sulfide) groups is 1. The van der Waals surface area contributed by atoms with Gasteiger partial charge < -0.3 is 0 Å². The van der Waals surface area contributed by atoms with Crippen LogP contribution in [0, 0.1) is 0 Å². The summed E-state index contributed by atoms with van der Waals surface area (Å²) >= 11 is -0.0586. The van der Waals surface area contributed by atoms with E-state index in [0.717, 1.165) is 25.7 Å². The Morgan fingerprint density at radius 1 is 0.857 bits per heavy atom. The Bertz CT molecular complexity index is 393. The van der Waals surface area contributed by atoms with Crippen LogP contribution < -0.4 is 0 Å². The largest absolute Gasteiger partial charge is 0.360 e. The molecule has 1 aromatic carbocycles. The van der Waals surface area contributed by atoms with Gasteiger partial charge in [0.2, 0.25) is 0 Å². The van der Waals surface area contributed by atoms with E-state index in [1.54, 1.807) is 18.2 Å². The van der Waals surface area contributed by atoms with E-state index in [1.165, 1.54) is 12.1 Å². The normalized spacial score (nSPS) is 12.6. The molecule has 0 unspecified atom stereocenters. The lowest BCUT2D eigenvalue weighted by Gasteiger charge is -2.25. The van der Waals surface area contributed by atoms with E-state index < -0.39 is 17.6 Å². The number of halogens is 4. The second-order valence-corrected chi connectivity index (χ2v) is 6.34. The van der Waals surface area contributed by atoms with Crippen LogP contribution in [-0.2, 0) is 0 Å². The van der Waals surface area contributed by atoms with Gasteiger partial charge in [-0.25, -0.2) is 0 Å². The highest BCUT2D eigenvalue weighted by molar-refractivity contribution is 8.00. The Labute approximate surface area is 128 Å². The molecule has 0 amide bonds. The zero-order valence-corrected chi connectivity index (χ0v) is 13.1. The molecular weight excluding hydrogens is 300 g/mol. The molecule has 0 fully saturated rings. The van der Waals surface area contributed by atoms with Gasteiger partial charge in [-0.3, -0.25) is 0 Å². The van der Waals surface area contributed by atoms with Crippen LogP contribution in [0.2, 0.25) is 0 Å². The Kier molecular flexibility index (Phi) is 7.57. The van der Waals surface area contributed by atoms with Crippen LogP contribution in [0.5, 0.6) is 0 Å². The van der Waals surface area contributed by atoms with Crippen molar-refractivity contribution in [3.8, 4) is 0 Å². The van der Waals surface area contributed by atoms with Gasteiger partial charge in [-0.1, -0.05) is 57.2 Å². The van der Waals surface area contributed by atoms with Gasteiger partial charge in [0.1, 0.15) is 0 Å². The zero-order chi connectivity index (χ0) is 15.8. The molecule has 1 aromatic rings. The predicted octanol–water partition coefficient (Wildman–Crippen LogP) is 6.76. The summed E-state index contributed by atoms with van der Waals surface area (Å²) in [7, 11) is 0. The SMILES string of the molecule is CCCCCCCCC(F)(F)C(F)(F)Sc1ccccc1. The number of hydrogen-bond acceptors (Lipinski definition) is 1. The third-order valence-corrected chi connectivity index (χ3v) is 4.32. The van der Waals surface area contributed by atoms with Crippen LogP contribution in [0.25, 0.3) is 0 Å². The van der Waals surface area contributed by atoms with Crippen LogP contribution in [0.1, 0.15) is 51.9 Å². The molecule has 0 atom stereocenters. The van der Waals surface area contributed by atoms with Crippen molar-refractivity contribution in [3.05, 3.63) is 30.3 Å². The first-order chi connectivity index (χ1) is 9.89. The van der Waals surface area contributed by atoms with Crippen LogP contribution in [0.3, 0.4) is 0 Å². The highest BCUT2D eigenvalue weighted by atomic mass is 32.2. The Morgan fingerprint density at radius 3 is 2.05 bits per heavy atom. The fraction of sp³-hybridized carbons (Fsp3) is 0.625. The lowest BCUT2D eigenvalue weighted by atomic mass is 10.1. The minimum Gasteiger partial charge on any atom is -0.199 e. The van der Waals surface area contributed by atoms with Crippen LogP contribution >= 0.6 is 11.8 Å². The maximum atomic E-state index is 13.7. The minimum absolute atomic E-state index is 0.0586. The highest BCUT2D eigenvalue weighted by Gasteiger charge is 2.56. The summed E-state index contributed by atoms with van der Waals surface area (Å²) in [6.07, 6.45) is 3.92. The van der Waals surface area contributed by atoms with E-state index in [2.05, 4.69) is 6.92 Å². The smallest absolute Gasteiger partial charge is 0.199 e. The molecule has 0 saturated heterocycles. The van der Waals surface area contributed by atoms with Crippen molar-refractivity contribution in [1.82, 2.24) is 0 Å². The fourth-order valence-electron chi connectivity index (χ4n) is 1.98. The van der Waals surface area contributed by atoms with Crippen LogP contribution in [-0.4, -0.2) is 11.2 Å². The van der Waals surface area contributed by atoms with E-state index in [9.17, 15) is 17.6 Å². The molecule has 1 rings (SSSR count). The van der Waals surface area contributed by atoms with Gasteiger partial charge in [0.05, 0.1) is 0 Å². The molecule has 0 radical (unpaired) electrons. The standard InChI is InChI=1S/C16H22F4S/c1-2-3-4-5-6-10-13-15(17,18)16(19,20)21-14-11-8-7-9-12-14/h7-9,11-12H,2-6,10,13H2,1H3. The van der Waals surface area contributed by atoms with Gasteiger partial charge in [-0.05, 0) is 30.3 Å². The third kappa shape index (κ3) is 6.29. The molecule has 0 N–H and O–H groups in total. The summed E-state index contributed by atoms with van der Waals surface area (Å²) < 4.78 is 54.8. The Balaban J connectivity index is 2.43. The Hall–Kier alpha value is -0.710. The number of hydrogen-bond donors (Lipinski definition) is 0. The van der Waals surface area contributed by atoms with Crippen molar-refractivity contribution in [2.45, 2.75) is 67.9 Å². The first-order valence-corrected chi connectivity index (χ1v) is 8.20. The molecule has 21 heavy (non-hydrogen) atoms. The first-order valence-electron chi connectivity index (χ1n) is 7.39. The summed E-state index contributed by atoms with van der Waals surface area (Å²) in [6.45, 7) is 2.06. The monoisotopic (exact) mass is 322 g/mol. The molecule has 120 valence electrons. The molecule has 0 aromatic heterocycles. The summed E-state index contributed by atoms with van der Waals surface area (Å²) in [4.78, 5) is 0.158. The van der Waals surface area contributed by atoms with Gasteiger partial charge in [-0.15, -0.1) is 0 Å². The molecule has 0 saturated carbocycles. The molecular formula is C16H22F4S. The van der Waals surface area contributed by atoms with Crippen molar-refractivity contribution in [3.63, 3.8) is 0 Å². The molecule has 5 heteroatoms. The fourth-order valence-corrected chi connectivity index (χ4v) is 2.82. The second-order valence-electron chi connectivity index (χ2n) is 5.15. The van der Waals surface area contributed by atoms with Gasteiger partial charge in [-0.2, -0.15) is 17.6 Å². The lowest BCUT2D eigenvalue weighted by molar-refractivity contribution is -0.156. The van der Waals surface area contributed by atoms with Crippen LogP contribution in [0.4, 0.5) is 17.6 Å². The van der Waals surface area contributed by atoms with Crippen molar-refractivity contribution in [1.29, 1.82) is 0 Å². The third-order valence-electron chi connectivity index (χ3n) is 3.26. The average molecular weight is 322 g/mol. The van der Waals surface area contributed by atoms with Crippen molar-refractivity contribution >= 4 is 11.8 Å². The van der Waals surface area contributed by atoms with Gasteiger partial charge in [0.15, 0.2) is 0 Å². The van der Waals surface area contributed by atoms with Gasteiger partial charge in [0, 0.05) is 11.3 Å². The van der Waals surface area contributed by atoms with Crippen molar-refractivity contribution in [2.75, 3.05) is 0 Å². The molecule has 0 heterocycles. The van der Waals surface area contributed by atoms with Crippen molar-refractivity contribution in [2.24, 2.45) is 0 Å². The summed E-state index contributed by atoms with van der Waals surface area (Å²) in [5, 5.41) is -4.07. The maximum absolute atomic E-state index is 13.7. The van der Waals surface area contributed by atoms with Gasteiger partial charge in [0.25, 0.3) is 0 Å². The predicted molar refractivity (Wildman–Crippen MR) is 80.2 cm³/mol. The summed E-state index contributed by atoms with van der Waals surface area (Å²) in [5.74, 6) is -3.97. The molecule has 0 nitrogen and oxygen atoms in total. The lowest BCUT2D eigenvalue weighted by Crippen LogP contribution is -2.37. The number of benzene rings is 1. The maximum Gasteiger partial charge on any atom is 0.360 e. The van der Waals surface area contributed by atoms with E-state index in [-0.39, 0.29) is 23.1 Å². The molecule has 0 aliphatic carbocycles. The number of unbranched alkanes of at least 4 members (excludes halogenated alkanes) is 5. The Morgan fingerprint density at radius 2 is 1.43 bits per heavy atom. The van der Waals surface area contributed by atoms with E-state index in [4.69, 9.17) is 0 Å². The van der Waals surface area contributed by atoms with E-state index in [0.29, 0.717) is 6.42 Å². The van der Waals surface area contributed by atoms with Gasteiger partial charge >= 0.3 is 11.2 Å². The highest BCUT2D eigenvalue weighted by Crippen LogP contribution is 2.48. The summed E-state index contributed by atoms with van der Waals surface area (Å²) in [6, 6.07) is 7.62. The molecule has 0 bridgehead atoms. The molecule has 0 spiro atoms. The quantitative estimate of drug-likeness (QED) is 0.260. The van der Waals surface area contributed by atoms with Crippen LogP contribution in [0.15, 0.2) is 35.2 Å². The topological polar surface area (TPSA) is 0 Å². The summed E-state index contributed by atoms with van der Waals surface area (Å²) in [5.41, 5.74) is 0. The number of rotatable bonds is 10.